The minimum atomic E-state index is -0.595. The molecule has 3 N–H and O–H groups in total. The van der Waals surface area contributed by atoms with Gasteiger partial charge in [-0.2, -0.15) is 0 Å². The van der Waals surface area contributed by atoms with Gasteiger partial charge in [0.25, 0.3) is 5.91 Å². The predicted octanol–water partition coefficient (Wildman–Crippen LogP) is 4.26. The van der Waals surface area contributed by atoms with E-state index in [9.17, 15) is 9.59 Å². The van der Waals surface area contributed by atoms with Crippen LogP contribution in [0.3, 0.4) is 0 Å². The van der Waals surface area contributed by atoms with Gasteiger partial charge in [-0.3, -0.25) is 4.79 Å². The second kappa shape index (κ2) is 7.64. The van der Waals surface area contributed by atoms with Gasteiger partial charge in [-0.15, -0.1) is 0 Å². The molecule has 6 nitrogen and oxygen atoms in total. The first kappa shape index (κ1) is 19.1. The predicted molar refractivity (Wildman–Crippen MR) is 114 cm³/mol. The topological polar surface area (TPSA) is 80.4 Å². The minimum Gasteiger partial charge on any atom is -0.365 e. The molecule has 0 atom stereocenters. The molecule has 0 fully saturated rings. The Labute approximate surface area is 173 Å². The molecule has 2 aromatic carbocycles. The van der Waals surface area contributed by atoms with Crippen LogP contribution in [0.25, 0.3) is 11.3 Å². The molecule has 148 valence electrons. The van der Waals surface area contributed by atoms with E-state index in [2.05, 4.69) is 5.32 Å². The second-order valence-electron chi connectivity index (χ2n) is 7.09. The molecule has 3 aromatic rings. The van der Waals surface area contributed by atoms with Gasteiger partial charge in [-0.25, -0.2) is 4.79 Å². The first-order valence-corrected chi connectivity index (χ1v) is 9.72. The zero-order chi connectivity index (χ0) is 20.5. The Hall–Kier alpha value is -3.25. The van der Waals surface area contributed by atoms with E-state index in [-0.39, 0.29) is 18.1 Å². The van der Waals surface area contributed by atoms with E-state index in [1.165, 1.54) is 0 Å². The van der Waals surface area contributed by atoms with Crippen LogP contribution in [-0.2, 0) is 13.1 Å². The van der Waals surface area contributed by atoms with Crippen LogP contribution in [0.2, 0.25) is 5.02 Å². The number of nitrogens with zero attached hydrogens (tertiary/aromatic N) is 2. The molecule has 4 rings (SSSR count). The molecular weight excluding hydrogens is 388 g/mol. The SMILES string of the molecule is Cc1cccc(NC(=O)N2CCn3c(c(C(N)=O)c(Cl)c3-c3ccccc3)C2)c1. The summed E-state index contributed by atoms with van der Waals surface area (Å²) < 4.78 is 1.99. The quantitative estimate of drug-likeness (QED) is 0.678. The summed E-state index contributed by atoms with van der Waals surface area (Å²) >= 11 is 6.58. The standard InChI is InChI=1S/C22H21ClN4O2/c1-14-6-5-9-16(12-14)25-22(29)26-10-11-27-17(13-26)18(21(24)28)19(23)20(27)15-7-3-2-4-8-15/h2-9,12H,10-11,13H2,1H3,(H2,24,28)(H,25,29). The summed E-state index contributed by atoms with van der Waals surface area (Å²) in [6.07, 6.45) is 0. The van der Waals surface area contributed by atoms with E-state index in [0.29, 0.717) is 23.8 Å². The second-order valence-corrected chi connectivity index (χ2v) is 7.47. The van der Waals surface area contributed by atoms with E-state index >= 15 is 0 Å². The number of nitrogens with two attached hydrogens (primary N) is 1. The number of aryl methyl sites for hydroxylation is 1. The lowest BCUT2D eigenvalue weighted by Gasteiger charge is -2.30. The highest BCUT2D eigenvalue weighted by Gasteiger charge is 2.31. The minimum absolute atomic E-state index is 0.226. The van der Waals surface area contributed by atoms with Gasteiger partial charge in [0.05, 0.1) is 28.5 Å². The summed E-state index contributed by atoms with van der Waals surface area (Å²) in [5.74, 6) is -0.595. The van der Waals surface area contributed by atoms with Crippen LogP contribution in [0.1, 0.15) is 21.6 Å². The van der Waals surface area contributed by atoms with E-state index in [1.807, 2.05) is 66.1 Å². The highest BCUT2D eigenvalue weighted by molar-refractivity contribution is 6.36. The number of halogens is 1. The van der Waals surface area contributed by atoms with Crippen LogP contribution < -0.4 is 11.1 Å². The molecular formula is C22H21ClN4O2. The largest absolute Gasteiger partial charge is 0.365 e. The fourth-order valence-electron chi connectivity index (χ4n) is 3.75. The van der Waals surface area contributed by atoms with Crippen LogP contribution >= 0.6 is 11.6 Å². The fraction of sp³-hybridized carbons (Fsp3) is 0.182. The maximum Gasteiger partial charge on any atom is 0.322 e. The average molecular weight is 409 g/mol. The summed E-state index contributed by atoms with van der Waals surface area (Å²) in [4.78, 5) is 26.6. The van der Waals surface area contributed by atoms with Crippen molar-refractivity contribution in [2.75, 3.05) is 11.9 Å². The lowest BCUT2D eigenvalue weighted by Crippen LogP contribution is -2.41. The number of amides is 3. The smallest absolute Gasteiger partial charge is 0.322 e. The van der Waals surface area contributed by atoms with Crippen molar-refractivity contribution in [2.45, 2.75) is 20.0 Å². The third-order valence-electron chi connectivity index (χ3n) is 5.10. The molecule has 0 unspecified atom stereocenters. The first-order chi connectivity index (χ1) is 14.0. The summed E-state index contributed by atoms with van der Waals surface area (Å²) in [7, 11) is 0. The zero-order valence-corrected chi connectivity index (χ0v) is 16.7. The van der Waals surface area contributed by atoms with E-state index < -0.39 is 5.91 Å². The maximum absolute atomic E-state index is 12.8. The zero-order valence-electron chi connectivity index (χ0n) is 16.0. The van der Waals surface area contributed by atoms with Gasteiger partial charge < -0.3 is 20.5 Å². The molecule has 0 bridgehead atoms. The number of hydrogen-bond acceptors (Lipinski definition) is 2. The Kier molecular flexibility index (Phi) is 5.03. The number of carbonyl (C=O) groups is 2. The highest BCUT2D eigenvalue weighted by Crippen LogP contribution is 2.37. The summed E-state index contributed by atoms with van der Waals surface area (Å²) in [6, 6.07) is 17.0. The van der Waals surface area contributed by atoms with Gasteiger partial charge >= 0.3 is 6.03 Å². The first-order valence-electron chi connectivity index (χ1n) is 9.34. The number of benzene rings is 2. The average Bonchev–Trinajstić information content (AvgIpc) is 2.99. The number of hydrogen-bond donors (Lipinski definition) is 2. The molecule has 1 aliphatic rings. The lowest BCUT2D eigenvalue weighted by molar-refractivity contribution is 0.0997. The van der Waals surface area contributed by atoms with Crippen LogP contribution in [-0.4, -0.2) is 28.0 Å². The molecule has 0 saturated heterocycles. The van der Waals surface area contributed by atoms with Crippen molar-refractivity contribution in [2.24, 2.45) is 5.73 Å². The van der Waals surface area contributed by atoms with Gasteiger partial charge in [0.2, 0.25) is 0 Å². The number of rotatable bonds is 3. The monoisotopic (exact) mass is 408 g/mol. The number of primary amides is 1. The Bertz CT molecular complexity index is 1090. The third kappa shape index (κ3) is 3.59. The molecule has 1 aromatic heterocycles. The maximum atomic E-state index is 12.8. The van der Waals surface area contributed by atoms with Gasteiger partial charge in [0, 0.05) is 18.8 Å². The number of fused-ring (bicyclic) bond motifs is 1. The van der Waals surface area contributed by atoms with Gasteiger partial charge in [0.1, 0.15) is 0 Å². The van der Waals surface area contributed by atoms with E-state index in [1.54, 1.807) is 4.90 Å². The molecule has 7 heteroatoms. The van der Waals surface area contributed by atoms with E-state index in [0.717, 1.165) is 22.5 Å². The van der Waals surface area contributed by atoms with Crippen LogP contribution in [0, 0.1) is 6.92 Å². The number of aromatic nitrogens is 1. The van der Waals surface area contributed by atoms with Crippen LogP contribution in [0.5, 0.6) is 0 Å². The fourth-order valence-corrected chi connectivity index (χ4v) is 4.17. The Morgan fingerprint density at radius 1 is 1.07 bits per heavy atom. The molecule has 1 aliphatic heterocycles. The van der Waals surface area contributed by atoms with Crippen LogP contribution in [0.15, 0.2) is 54.6 Å². The number of carbonyl (C=O) groups excluding carboxylic acids is 2. The summed E-state index contributed by atoms with van der Waals surface area (Å²) in [6.45, 7) is 3.24. The lowest BCUT2D eigenvalue weighted by atomic mass is 10.1. The molecule has 2 heterocycles. The van der Waals surface area contributed by atoms with Crippen molar-refractivity contribution in [1.29, 1.82) is 0 Å². The van der Waals surface area contributed by atoms with Crippen molar-refractivity contribution in [3.63, 3.8) is 0 Å². The van der Waals surface area contributed by atoms with Gasteiger partial charge in [0.15, 0.2) is 0 Å². The highest BCUT2D eigenvalue weighted by atomic mass is 35.5. The number of urea groups is 1. The Morgan fingerprint density at radius 2 is 1.83 bits per heavy atom. The van der Waals surface area contributed by atoms with Crippen LogP contribution in [0.4, 0.5) is 10.5 Å². The van der Waals surface area contributed by atoms with Crippen molar-refractivity contribution < 1.29 is 9.59 Å². The summed E-state index contributed by atoms with van der Waals surface area (Å²) in [5, 5.41) is 3.25. The molecule has 0 aliphatic carbocycles. The molecule has 0 saturated carbocycles. The van der Waals surface area contributed by atoms with Gasteiger partial charge in [-0.05, 0) is 30.2 Å². The Morgan fingerprint density at radius 3 is 2.52 bits per heavy atom. The molecule has 0 spiro atoms. The summed E-state index contributed by atoms with van der Waals surface area (Å²) in [5.41, 5.74) is 10.0. The molecule has 29 heavy (non-hydrogen) atoms. The number of nitrogens with one attached hydrogen (secondary N) is 1. The normalized spacial score (nSPS) is 13.1. The van der Waals surface area contributed by atoms with Crippen molar-refractivity contribution in [3.05, 3.63) is 76.4 Å². The number of anilines is 1. The third-order valence-corrected chi connectivity index (χ3v) is 5.46. The van der Waals surface area contributed by atoms with Gasteiger partial charge in [-0.1, -0.05) is 54.1 Å². The van der Waals surface area contributed by atoms with Crippen molar-refractivity contribution in [1.82, 2.24) is 9.47 Å². The molecule has 3 amide bonds. The van der Waals surface area contributed by atoms with E-state index in [4.69, 9.17) is 17.3 Å². The van der Waals surface area contributed by atoms with Crippen molar-refractivity contribution >= 4 is 29.2 Å². The van der Waals surface area contributed by atoms with Crippen molar-refractivity contribution in [3.8, 4) is 11.3 Å². The Balaban J connectivity index is 1.67. The molecule has 0 radical (unpaired) electrons.